The van der Waals surface area contributed by atoms with E-state index < -0.39 is 10.0 Å². The van der Waals surface area contributed by atoms with E-state index >= 15 is 0 Å². The third-order valence-corrected chi connectivity index (χ3v) is 4.76. The largest absolute Gasteiger partial charge is 0.377 e. The third kappa shape index (κ3) is 3.26. The monoisotopic (exact) mass is 283 g/mol. The molecule has 0 aliphatic heterocycles. The molecule has 1 aliphatic rings. The topological polar surface area (TPSA) is 98.2 Å². The fourth-order valence-electron chi connectivity index (χ4n) is 2.71. The van der Waals surface area contributed by atoms with Crippen molar-refractivity contribution in [3.05, 3.63) is 24.3 Å². The van der Waals surface area contributed by atoms with Gasteiger partial charge < -0.3 is 11.1 Å². The molecule has 0 atom stereocenters. The van der Waals surface area contributed by atoms with Crippen molar-refractivity contribution < 1.29 is 8.42 Å². The Kier molecular flexibility index (Phi) is 4.13. The number of hydrogen-bond acceptors (Lipinski definition) is 4. The highest BCUT2D eigenvalue weighted by atomic mass is 32.2. The van der Waals surface area contributed by atoms with Gasteiger partial charge in [-0.2, -0.15) is 0 Å². The average Bonchev–Trinajstić information content (AvgIpc) is 2.39. The lowest BCUT2D eigenvalue weighted by atomic mass is 9.81. The average molecular weight is 283 g/mol. The number of anilines is 1. The molecule has 5 nitrogen and oxygen atoms in total. The van der Waals surface area contributed by atoms with Crippen LogP contribution in [-0.4, -0.2) is 20.5 Å². The van der Waals surface area contributed by atoms with Crippen LogP contribution in [0.3, 0.4) is 0 Å². The van der Waals surface area contributed by atoms with Crippen LogP contribution >= 0.6 is 0 Å². The second-order valence-electron chi connectivity index (χ2n) is 5.21. The Morgan fingerprint density at radius 3 is 2.37 bits per heavy atom. The molecule has 1 aromatic carbocycles. The van der Waals surface area contributed by atoms with Crippen molar-refractivity contribution in [3.8, 4) is 0 Å². The van der Waals surface area contributed by atoms with E-state index in [1.807, 2.05) is 0 Å². The lowest BCUT2D eigenvalue weighted by molar-refractivity contribution is 0.330. The molecule has 0 saturated heterocycles. The van der Waals surface area contributed by atoms with Gasteiger partial charge >= 0.3 is 0 Å². The molecule has 0 radical (unpaired) electrons. The van der Waals surface area contributed by atoms with Gasteiger partial charge in [0.15, 0.2) is 0 Å². The minimum Gasteiger partial charge on any atom is -0.377 e. The van der Waals surface area contributed by atoms with E-state index in [1.165, 1.54) is 12.5 Å². The third-order valence-electron chi connectivity index (χ3n) is 3.79. The molecule has 6 heteroatoms. The predicted octanol–water partition coefficient (Wildman–Crippen LogP) is 1.41. The van der Waals surface area contributed by atoms with Gasteiger partial charge in [-0.15, -0.1) is 0 Å². The maximum atomic E-state index is 11.6. The van der Waals surface area contributed by atoms with Gasteiger partial charge in [0.25, 0.3) is 0 Å². The van der Waals surface area contributed by atoms with Crippen molar-refractivity contribution in [2.45, 2.75) is 42.5 Å². The van der Waals surface area contributed by atoms with E-state index in [0.29, 0.717) is 12.2 Å². The van der Waals surface area contributed by atoms with Crippen LogP contribution in [0.25, 0.3) is 0 Å². The highest BCUT2D eigenvalue weighted by Crippen LogP contribution is 2.32. The zero-order valence-electron chi connectivity index (χ0n) is 10.9. The number of benzene rings is 1. The minimum absolute atomic E-state index is 0.133. The molecule has 1 aromatic rings. The highest BCUT2D eigenvalue weighted by Gasteiger charge is 2.31. The Morgan fingerprint density at radius 2 is 1.79 bits per heavy atom. The maximum Gasteiger partial charge on any atom is 0.240 e. The van der Waals surface area contributed by atoms with Crippen LogP contribution < -0.4 is 16.2 Å². The first-order valence-corrected chi connectivity index (χ1v) is 8.12. The normalized spacial score (nSPS) is 19.1. The summed E-state index contributed by atoms with van der Waals surface area (Å²) in [5.41, 5.74) is 6.25. The predicted molar refractivity (Wildman–Crippen MR) is 76.3 cm³/mol. The summed E-state index contributed by atoms with van der Waals surface area (Å²) >= 11 is 0. The van der Waals surface area contributed by atoms with Crippen LogP contribution in [0, 0.1) is 0 Å². The Bertz CT molecular complexity index is 537. The molecule has 5 N–H and O–H groups in total. The first kappa shape index (κ1) is 14.3. The zero-order valence-corrected chi connectivity index (χ0v) is 11.7. The molecule has 0 heterocycles. The summed E-state index contributed by atoms with van der Waals surface area (Å²) < 4.78 is 23.2. The van der Waals surface area contributed by atoms with Gasteiger partial charge in [-0.05, 0) is 25.0 Å². The first-order valence-electron chi connectivity index (χ1n) is 6.57. The van der Waals surface area contributed by atoms with Crippen molar-refractivity contribution in [1.29, 1.82) is 0 Å². The highest BCUT2D eigenvalue weighted by molar-refractivity contribution is 7.89. The number of para-hydroxylation sites is 1. The number of rotatable bonds is 4. The van der Waals surface area contributed by atoms with E-state index in [0.717, 1.165) is 25.7 Å². The fourth-order valence-corrected chi connectivity index (χ4v) is 3.41. The SMILES string of the molecule is NCC1(Nc2ccccc2S(N)(=O)=O)CCCCC1. The number of primary sulfonamides is 1. The summed E-state index contributed by atoms with van der Waals surface area (Å²) in [7, 11) is -3.72. The summed E-state index contributed by atoms with van der Waals surface area (Å²) in [6, 6.07) is 6.72. The van der Waals surface area contributed by atoms with Crippen LogP contribution in [0.1, 0.15) is 32.1 Å². The lowest BCUT2D eigenvalue weighted by Gasteiger charge is -2.38. The van der Waals surface area contributed by atoms with Gasteiger partial charge in [-0.1, -0.05) is 31.4 Å². The Labute approximate surface area is 114 Å². The summed E-state index contributed by atoms with van der Waals surface area (Å²) in [4.78, 5) is 0.133. The van der Waals surface area contributed by atoms with E-state index in [1.54, 1.807) is 18.2 Å². The molecule has 0 amide bonds. The molecule has 0 bridgehead atoms. The quantitative estimate of drug-likeness (QED) is 0.778. The van der Waals surface area contributed by atoms with Crippen LogP contribution in [0.2, 0.25) is 0 Å². The Hall–Kier alpha value is -1.11. The van der Waals surface area contributed by atoms with Crippen LogP contribution in [0.15, 0.2) is 29.2 Å². The maximum absolute atomic E-state index is 11.6. The van der Waals surface area contributed by atoms with E-state index in [4.69, 9.17) is 10.9 Å². The number of nitrogens with one attached hydrogen (secondary N) is 1. The zero-order chi connectivity index (χ0) is 13.9. The standard InChI is InChI=1S/C13H21N3O2S/c14-10-13(8-4-1-5-9-13)16-11-6-2-3-7-12(11)19(15,17)18/h2-3,6-7,16H,1,4-5,8-10,14H2,(H2,15,17,18). The second-order valence-corrected chi connectivity index (χ2v) is 6.74. The van der Waals surface area contributed by atoms with Crippen molar-refractivity contribution in [1.82, 2.24) is 0 Å². The van der Waals surface area contributed by atoms with Gasteiger partial charge in [-0.25, -0.2) is 13.6 Å². The van der Waals surface area contributed by atoms with Gasteiger partial charge in [0, 0.05) is 12.1 Å². The van der Waals surface area contributed by atoms with Gasteiger partial charge in [-0.3, -0.25) is 0 Å². The van der Waals surface area contributed by atoms with Crippen molar-refractivity contribution >= 4 is 15.7 Å². The lowest BCUT2D eigenvalue weighted by Crippen LogP contribution is -2.47. The van der Waals surface area contributed by atoms with E-state index in [9.17, 15) is 8.42 Å². The van der Waals surface area contributed by atoms with E-state index in [-0.39, 0.29) is 10.4 Å². The van der Waals surface area contributed by atoms with Crippen molar-refractivity contribution in [2.24, 2.45) is 10.9 Å². The molecule has 0 spiro atoms. The van der Waals surface area contributed by atoms with Gasteiger partial charge in [0.1, 0.15) is 4.90 Å². The summed E-state index contributed by atoms with van der Waals surface area (Å²) in [5, 5.41) is 8.58. The summed E-state index contributed by atoms with van der Waals surface area (Å²) in [6.45, 7) is 0.492. The number of hydrogen-bond donors (Lipinski definition) is 3. The molecule has 1 saturated carbocycles. The number of sulfonamides is 1. The summed E-state index contributed by atoms with van der Waals surface area (Å²) in [5.74, 6) is 0. The molecule has 2 rings (SSSR count). The molecule has 1 fully saturated rings. The molecule has 19 heavy (non-hydrogen) atoms. The minimum atomic E-state index is -3.72. The Morgan fingerprint density at radius 1 is 1.16 bits per heavy atom. The van der Waals surface area contributed by atoms with Crippen LogP contribution in [-0.2, 0) is 10.0 Å². The Balaban J connectivity index is 2.32. The molecule has 1 aliphatic carbocycles. The van der Waals surface area contributed by atoms with Crippen molar-refractivity contribution in [2.75, 3.05) is 11.9 Å². The van der Waals surface area contributed by atoms with Crippen molar-refractivity contribution in [3.63, 3.8) is 0 Å². The molecule has 0 unspecified atom stereocenters. The first-order chi connectivity index (χ1) is 8.97. The van der Waals surface area contributed by atoms with Crippen LogP contribution in [0.5, 0.6) is 0 Å². The van der Waals surface area contributed by atoms with Crippen LogP contribution in [0.4, 0.5) is 5.69 Å². The number of nitrogens with two attached hydrogens (primary N) is 2. The molecular formula is C13H21N3O2S. The van der Waals surface area contributed by atoms with E-state index in [2.05, 4.69) is 5.32 Å². The molecular weight excluding hydrogens is 262 g/mol. The smallest absolute Gasteiger partial charge is 0.240 e. The molecule has 106 valence electrons. The van der Waals surface area contributed by atoms with Gasteiger partial charge in [0.2, 0.25) is 10.0 Å². The fraction of sp³-hybridized carbons (Fsp3) is 0.538. The molecule has 0 aromatic heterocycles. The second kappa shape index (κ2) is 5.48. The summed E-state index contributed by atoms with van der Waals surface area (Å²) in [6.07, 6.45) is 5.36. The van der Waals surface area contributed by atoms with Gasteiger partial charge in [0.05, 0.1) is 5.69 Å².